The van der Waals surface area contributed by atoms with Gasteiger partial charge < -0.3 is 14.4 Å². The number of ether oxygens (including phenoxy) is 2. The number of methoxy groups -OCH3 is 2. The van der Waals surface area contributed by atoms with Gasteiger partial charge in [0.15, 0.2) is 11.5 Å². The molecule has 0 aliphatic carbocycles. The molecule has 0 saturated heterocycles. The number of rotatable bonds is 4. The summed E-state index contributed by atoms with van der Waals surface area (Å²) in [4.78, 5) is 15.7. The molecule has 0 bridgehead atoms. The first kappa shape index (κ1) is 15.6. The first-order valence-corrected chi connectivity index (χ1v) is 8.34. The molecule has 0 unspecified atom stereocenters. The standard InChI is InChI=1S/C18H19NO3S/c1-21-15-5-3-4-13(18(15)22-2)6-7-17(20)19-10-8-16-14(12-19)9-11-23-16/h3-7,9,11H,8,10,12H2,1-2H3/b7-6+. The summed E-state index contributed by atoms with van der Waals surface area (Å²) < 4.78 is 10.7. The van der Waals surface area contributed by atoms with Crippen molar-refractivity contribution in [3.63, 3.8) is 0 Å². The summed E-state index contributed by atoms with van der Waals surface area (Å²) in [5, 5.41) is 2.09. The molecule has 0 N–H and O–H groups in total. The van der Waals surface area contributed by atoms with E-state index in [-0.39, 0.29) is 5.91 Å². The largest absolute Gasteiger partial charge is 0.493 e. The average molecular weight is 329 g/mol. The van der Waals surface area contributed by atoms with Gasteiger partial charge in [-0.1, -0.05) is 12.1 Å². The lowest BCUT2D eigenvalue weighted by Crippen LogP contribution is -2.34. The number of hydrogen-bond acceptors (Lipinski definition) is 4. The van der Waals surface area contributed by atoms with E-state index in [1.54, 1.807) is 37.7 Å². The molecule has 5 heteroatoms. The van der Waals surface area contributed by atoms with Gasteiger partial charge in [-0.3, -0.25) is 4.79 Å². The number of benzene rings is 1. The van der Waals surface area contributed by atoms with Crippen molar-refractivity contribution in [1.82, 2.24) is 4.90 Å². The maximum Gasteiger partial charge on any atom is 0.246 e. The van der Waals surface area contributed by atoms with E-state index in [2.05, 4.69) is 11.4 Å². The van der Waals surface area contributed by atoms with Crippen LogP contribution in [0, 0.1) is 0 Å². The molecule has 120 valence electrons. The summed E-state index contributed by atoms with van der Waals surface area (Å²) in [6.07, 6.45) is 4.33. The third-order valence-corrected chi connectivity index (χ3v) is 4.98. The van der Waals surface area contributed by atoms with Crippen LogP contribution in [0.1, 0.15) is 16.0 Å². The fraction of sp³-hybridized carbons (Fsp3) is 0.278. The summed E-state index contributed by atoms with van der Waals surface area (Å²) in [6, 6.07) is 7.72. The minimum Gasteiger partial charge on any atom is -0.493 e. The van der Waals surface area contributed by atoms with Crippen LogP contribution in [0.4, 0.5) is 0 Å². The second kappa shape index (κ2) is 6.87. The van der Waals surface area contributed by atoms with Crippen LogP contribution in [0.2, 0.25) is 0 Å². The van der Waals surface area contributed by atoms with E-state index < -0.39 is 0 Å². The second-order valence-corrected chi connectivity index (χ2v) is 6.30. The van der Waals surface area contributed by atoms with Gasteiger partial charge in [-0.05, 0) is 35.6 Å². The third-order valence-electron chi connectivity index (χ3n) is 3.96. The van der Waals surface area contributed by atoms with Crippen LogP contribution in [0.15, 0.2) is 35.7 Å². The Bertz CT molecular complexity index is 736. The smallest absolute Gasteiger partial charge is 0.246 e. The van der Waals surface area contributed by atoms with Gasteiger partial charge in [-0.15, -0.1) is 11.3 Å². The molecule has 0 saturated carbocycles. The first-order chi connectivity index (χ1) is 11.2. The highest BCUT2D eigenvalue weighted by molar-refractivity contribution is 7.10. The Kier molecular flexibility index (Phi) is 4.67. The van der Waals surface area contributed by atoms with E-state index in [0.29, 0.717) is 18.0 Å². The van der Waals surface area contributed by atoms with Gasteiger partial charge in [0, 0.05) is 29.6 Å². The summed E-state index contributed by atoms with van der Waals surface area (Å²) in [5.74, 6) is 1.31. The van der Waals surface area contributed by atoms with E-state index in [0.717, 1.165) is 18.5 Å². The molecule has 2 aromatic rings. The van der Waals surface area contributed by atoms with E-state index in [1.807, 2.05) is 23.1 Å². The van der Waals surface area contributed by atoms with Crippen molar-refractivity contribution >= 4 is 23.3 Å². The number of fused-ring (bicyclic) bond motifs is 1. The molecular weight excluding hydrogens is 310 g/mol. The number of amides is 1. The molecule has 1 aromatic heterocycles. The van der Waals surface area contributed by atoms with Crippen LogP contribution in [0.25, 0.3) is 6.08 Å². The normalized spacial score (nSPS) is 13.9. The van der Waals surface area contributed by atoms with E-state index >= 15 is 0 Å². The zero-order chi connectivity index (χ0) is 16.2. The molecular formula is C18H19NO3S. The molecule has 1 aromatic carbocycles. The Hall–Kier alpha value is -2.27. The Morgan fingerprint density at radius 3 is 2.91 bits per heavy atom. The lowest BCUT2D eigenvalue weighted by molar-refractivity contribution is -0.126. The van der Waals surface area contributed by atoms with Gasteiger partial charge in [-0.25, -0.2) is 0 Å². The summed E-state index contributed by atoms with van der Waals surface area (Å²) in [5.41, 5.74) is 2.09. The minimum absolute atomic E-state index is 0.0201. The van der Waals surface area contributed by atoms with Gasteiger partial charge in [0.05, 0.1) is 14.2 Å². The Labute approximate surface area is 140 Å². The zero-order valence-electron chi connectivity index (χ0n) is 13.2. The number of nitrogens with zero attached hydrogens (tertiary/aromatic N) is 1. The van der Waals surface area contributed by atoms with Crippen molar-refractivity contribution in [2.24, 2.45) is 0 Å². The molecule has 0 atom stereocenters. The van der Waals surface area contributed by atoms with Crippen molar-refractivity contribution in [1.29, 1.82) is 0 Å². The lowest BCUT2D eigenvalue weighted by Gasteiger charge is -2.25. The molecule has 2 heterocycles. The fourth-order valence-corrected chi connectivity index (χ4v) is 3.64. The van der Waals surface area contributed by atoms with Crippen molar-refractivity contribution in [2.45, 2.75) is 13.0 Å². The molecule has 4 nitrogen and oxygen atoms in total. The first-order valence-electron chi connectivity index (χ1n) is 7.46. The molecule has 0 fully saturated rings. The molecule has 3 rings (SSSR count). The van der Waals surface area contributed by atoms with E-state index in [1.165, 1.54) is 10.4 Å². The van der Waals surface area contributed by atoms with E-state index in [4.69, 9.17) is 9.47 Å². The number of hydrogen-bond donors (Lipinski definition) is 0. The Morgan fingerprint density at radius 1 is 1.26 bits per heavy atom. The van der Waals surface area contributed by atoms with Crippen LogP contribution in [-0.2, 0) is 17.8 Å². The predicted molar refractivity (Wildman–Crippen MR) is 92.0 cm³/mol. The maximum atomic E-state index is 12.4. The monoisotopic (exact) mass is 329 g/mol. The van der Waals surface area contributed by atoms with E-state index in [9.17, 15) is 4.79 Å². The summed E-state index contributed by atoms with van der Waals surface area (Å²) in [6.45, 7) is 1.46. The highest BCUT2D eigenvalue weighted by atomic mass is 32.1. The van der Waals surface area contributed by atoms with Crippen molar-refractivity contribution in [3.8, 4) is 11.5 Å². The molecule has 1 amide bonds. The number of carbonyl (C=O) groups is 1. The topological polar surface area (TPSA) is 38.8 Å². The number of carbonyl (C=O) groups excluding carboxylic acids is 1. The molecule has 1 aliphatic heterocycles. The van der Waals surface area contributed by atoms with Crippen LogP contribution in [-0.4, -0.2) is 31.6 Å². The number of para-hydroxylation sites is 1. The van der Waals surface area contributed by atoms with Crippen molar-refractivity contribution in [2.75, 3.05) is 20.8 Å². The van der Waals surface area contributed by atoms with Crippen LogP contribution in [0.3, 0.4) is 0 Å². The Balaban J connectivity index is 1.75. The fourth-order valence-electron chi connectivity index (χ4n) is 2.75. The second-order valence-electron chi connectivity index (χ2n) is 5.29. The zero-order valence-corrected chi connectivity index (χ0v) is 14.1. The van der Waals surface area contributed by atoms with Gasteiger partial charge in [-0.2, -0.15) is 0 Å². The molecule has 0 radical (unpaired) electrons. The maximum absolute atomic E-state index is 12.4. The Morgan fingerprint density at radius 2 is 2.13 bits per heavy atom. The van der Waals surface area contributed by atoms with Gasteiger partial charge in [0.1, 0.15) is 0 Å². The predicted octanol–water partition coefficient (Wildman–Crippen LogP) is 3.36. The SMILES string of the molecule is COc1cccc(/C=C/C(=O)N2CCc3sccc3C2)c1OC. The third kappa shape index (κ3) is 3.24. The van der Waals surface area contributed by atoms with Crippen molar-refractivity contribution in [3.05, 3.63) is 51.7 Å². The van der Waals surface area contributed by atoms with Gasteiger partial charge in [0.2, 0.25) is 5.91 Å². The highest BCUT2D eigenvalue weighted by Gasteiger charge is 2.19. The molecule has 0 spiro atoms. The van der Waals surface area contributed by atoms with Crippen LogP contribution >= 0.6 is 11.3 Å². The van der Waals surface area contributed by atoms with Crippen molar-refractivity contribution < 1.29 is 14.3 Å². The van der Waals surface area contributed by atoms with Crippen LogP contribution in [0.5, 0.6) is 11.5 Å². The van der Waals surface area contributed by atoms with Gasteiger partial charge >= 0.3 is 0 Å². The quantitative estimate of drug-likeness (QED) is 0.807. The van der Waals surface area contributed by atoms with Crippen LogP contribution < -0.4 is 9.47 Å². The minimum atomic E-state index is 0.0201. The molecule has 23 heavy (non-hydrogen) atoms. The summed E-state index contributed by atoms with van der Waals surface area (Å²) in [7, 11) is 3.20. The molecule has 1 aliphatic rings. The number of thiophene rings is 1. The highest BCUT2D eigenvalue weighted by Crippen LogP contribution is 2.31. The summed E-state index contributed by atoms with van der Waals surface area (Å²) >= 11 is 1.77. The lowest BCUT2D eigenvalue weighted by atomic mass is 10.1. The average Bonchev–Trinajstić information content (AvgIpc) is 3.06. The van der Waals surface area contributed by atoms with Gasteiger partial charge in [0.25, 0.3) is 0 Å².